The first-order valence-electron chi connectivity index (χ1n) is 5.23. The summed E-state index contributed by atoms with van der Waals surface area (Å²) in [6, 6.07) is 1.79. The molecular weight excluding hydrogens is 265 g/mol. The summed E-state index contributed by atoms with van der Waals surface area (Å²) < 4.78 is 36.2. The van der Waals surface area contributed by atoms with Gasteiger partial charge in [0.15, 0.2) is 0 Å². The average Bonchev–Trinajstić information content (AvgIpc) is 2.75. The zero-order valence-electron chi connectivity index (χ0n) is 9.51. The third kappa shape index (κ3) is 3.00. The molecule has 0 aliphatic rings. The quantitative estimate of drug-likeness (QED) is 0.901. The number of nitrogens with one attached hydrogen (secondary N) is 2. The first kappa shape index (κ1) is 12.9. The molecular formula is C10H11F3N4S. The predicted molar refractivity (Wildman–Crippen MR) is 66.1 cm³/mol. The molecule has 0 saturated carbocycles. The lowest BCUT2D eigenvalue weighted by Gasteiger charge is -2.10. The van der Waals surface area contributed by atoms with Gasteiger partial charge in [0.2, 0.25) is 5.95 Å². The van der Waals surface area contributed by atoms with Gasteiger partial charge in [-0.25, -0.2) is 4.98 Å². The molecule has 0 bridgehead atoms. The molecule has 2 N–H and O–H groups in total. The predicted octanol–water partition coefficient (Wildman–Crippen LogP) is 3.10. The van der Waals surface area contributed by atoms with E-state index in [9.17, 15) is 13.2 Å². The van der Waals surface area contributed by atoms with E-state index in [0.717, 1.165) is 10.2 Å². The van der Waals surface area contributed by atoms with Gasteiger partial charge in [-0.1, -0.05) is 0 Å². The van der Waals surface area contributed by atoms with E-state index in [1.54, 1.807) is 13.1 Å². The topological polar surface area (TPSA) is 49.8 Å². The smallest absolute Gasteiger partial charge is 0.369 e. The second kappa shape index (κ2) is 4.97. The molecule has 2 rings (SSSR count). The number of aromatic nitrogens is 2. The van der Waals surface area contributed by atoms with Crippen molar-refractivity contribution in [1.29, 1.82) is 0 Å². The van der Waals surface area contributed by atoms with Crippen LogP contribution in [0.5, 0.6) is 0 Å². The molecule has 0 radical (unpaired) electrons. The highest BCUT2D eigenvalue weighted by molar-refractivity contribution is 7.16. The Morgan fingerprint density at radius 3 is 2.78 bits per heavy atom. The largest absolute Gasteiger partial charge is 0.390 e. The van der Waals surface area contributed by atoms with Crippen LogP contribution >= 0.6 is 11.3 Å². The number of thiophene rings is 1. The zero-order valence-corrected chi connectivity index (χ0v) is 10.3. The van der Waals surface area contributed by atoms with E-state index in [1.165, 1.54) is 11.3 Å². The minimum absolute atomic E-state index is 0.200. The number of nitrogens with zero attached hydrogens (tertiary/aromatic N) is 2. The molecule has 0 atom stereocenters. The van der Waals surface area contributed by atoms with Gasteiger partial charge in [0.1, 0.15) is 10.6 Å². The van der Waals surface area contributed by atoms with Crippen LogP contribution in [0.25, 0.3) is 10.2 Å². The summed E-state index contributed by atoms with van der Waals surface area (Å²) in [5.41, 5.74) is 0. The summed E-state index contributed by atoms with van der Waals surface area (Å²) >= 11 is 1.42. The first-order valence-corrected chi connectivity index (χ1v) is 6.11. The molecule has 0 fully saturated rings. The fraction of sp³-hybridized carbons (Fsp3) is 0.400. The van der Waals surface area contributed by atoms with Crippen LogP contribution in [0.1, 0.15) is 6.42 Å². The van der Waals surface area contributed by atoms with Gasteiger partial charge in [-0.15, -0.1) is 11.3 Å². The maximum Gasteiger partial charge on any atom is 0.390 e. The Labute approximate surface area is 105 Å². The molecule has 98 valence electrons. The number of fused-ring (bicyclic) bond motifs is 1. The normalized spacial score (nSPS) is 11.8. The molecule has 8 heteroatoms. The molecule has 2 heterocycles. The van der Waals surface area contributed by atoms with E-state index in [0.29, 0.717) is 11.8 Å². The number of rotatable bonds is 4. The molecule has 0 aliphatic heterocycles. The molecule has 0 saturated heterocycles. The minimum Gasteiger partial charge on any atom is -0.369 e. The summed E-state index contributed by atoms with van der Waals surface area (Å²) in [7, 11) is 1.66. The molecule has 0 unspecified atom stereocenters. The average molecular weight is 276 g/mol. The van der Waals surface area contributed by atoms with Crippen molar-refractivity contribution < 1.29 is 13.2 Å². The highest BCUT2D eigenvalue weighted by atomic mass is 32.1. The highest BCUT2D eigenvalue weighted by Gasteiger charge is 2.26. The number of halogens is 3. The Hall–Kier alpha value is -1.57. The van der Waals surface area contributed by atoms with Crippen molar-refractivity contribution in [2.45, 2.75) is 12.6 Å². The third-order valence-electron chi connectivity index (χ3n) is 2.25. The van der Waals surface area contributed by atoms with Crippen LogP contribution in [0.15, 0.2) is 11.4 Å². The van der Waals surface area contributed by atoms with Gasteiger partial charge >= 0.3 is 6.18 Å². The monoisotopic (exact) mass is 276 g/mol. The molecule has 0 aromatic carbocycles. The fourth-order valence-electron chi connectivity index (χ4n) is 1.42. The van der Waals surface area contributed by atoms with Crippen LogP contribution < -0.4 is 10.6 Å². The molecule has 18 heavy (non-hydrogen) atoms. The van der Waals surface area contributed by atoms with E-state index in [-0.39, 0.29) is 6.54 Å². The Morgan fingerprint density at radius 2 is 2.11 bits per heavy atom. The fourth-order valence-corrected chi connectivity index (χ4v) is 2.19. The molecule has 0 aliphatic carbocycles. The third-order valence-corrected chi connectivity index (χ3v) is 3.06. The van der Waals surface area contributed by atoms with E-state index >= 15 is 0 Å². The number of anilines is 2. The van der Waals surface area contributed by atoms with E-state index in [4.69, 9.17) is 0 Å². The SMILES string of the molecule is CNc1nc(NCCC(F)(F)F)c2ccsc2n1. The summed E-state index contributed by atoms with van der Waals surface area (Å²) in [5, 5.41) is 8.04. The highest BCUT2D eigenvalue weighted by Crippen LogP contribution is 2.27. The first-order chi connectivity index (χ1) is 8.49. The van der Waals surface area contributed by atoms with Gasteiger partial charge in [0, 0.05) is 13.6 Å². The summed E-state index contributed by atoms with van der Waals surface area (Å²) in [6.07, 6.45) is -5.06. The number of alkyl halides is 3. The second-order valence-corrected chi connectivity index (χ2v) is 4.47. The zero-order chi connectivity index (χ0) is 13.2. The Morgan fingerprint density at radius 1 is 1.33 bits per heavy atom. The van der Waals surface area contributed by atoms with Crippen LogP contribution in [0.2, 0.25) is 0 Å². The maximum absolute atomic E-state index is 12.1. The van der Waals surface area contributed by atoms with Crippen molar-refractivity contribution in [2.24, 2.45) is 0 Å². The van der Waals surface area contributed by atoms with Gasteiger partial charge in [-0.2, -0.15) is 18.2 Å². The summed E-state index contributed by atoms with van der Waals surface area (Å²) in [4.78, 5) is 9.06. The molecule has 2 aromatic rings. The number of hydrogen-bond donors (Lipinski definition) is 2. The molecule has 4 nitrogen and oxygen atoms in total. The van der Waals surface area contributed by atoms with E-state index < -0.39 is 12.6 Å². The number of hydrogen-bond acceptors (Lipinski definition) is 5. The lowest BCUT2D eigenvalue weighted by Crippen LogP contribution is -2.15. The lowest BCUT2D eigenvalue weighted by atomic mass is 10.3. The van der Waals surface area contributed by atoms with Crippen LogP contribution in [0.4, 0.5) is 24.9 Å². The van der Waals surface area contributed by atoms with Crippen LogP contribution in [0, 0.1) is 0 Å². The summed E-state index contributed by atoms with van der Waals surface area (Å²) in [5.74, 6) is 0.814. The van der Waals surface area contributed by atoms with Crippen molar-refractivity contribution in [3.63, 3.8) is 0 Å². The van der Waals surface area contributed by atoms with Gasteiger partial charge in [0.05, 0.1) is 11.8 Å². The van der Waals surface area contributed by atoms with Crippen molar-refractivity contribution in [2.75, 3.05) is 24.2 Å². The van der Waals surface area contributed by atoms with Crippen LogP contribution in [-0.4, -0.2) is 29.7 Å². The second-order valence-electron chi connectivity index (χ2n) is 3.58. The van der Waals surface area contributed by atoms with Gasteiger partial charge in [0.25, 0.3) is 0 Å². The van der Waals surface area contributed by atoms with Gasteiger partial charge in [-0.3, -0.25) is 0 Å². The van der Waals surface area contributed by atoms with E-state index in [1.807, 2.05) is 5.38 Å². The Balaban J connectivity index is 2.18. The summed E-state index contributed by atoms with van der Waals surface area (Å²) in [6.45, 7) is -0.200. The molecule has 0 amide bonds. The standard InChI is InChI=1S/C10H11F3N4S/c1-14-9-16-7(15-4-3-10(11,12)13)6-2-5-18-8(6)17-9/h2,5H,3-4H2,1H3,(H2,14,15,16,17). The van der Waals surface area contributed by atoms with Crippen molar-refractivity contribution in [3.8, 4) is 0 Å². The Kier molecular flexibility index (Phi) is 3.55. The van der Waals surface area contributed by atoms with Gasteiger partial charge in [-0.05, 0) is 11.4 Å². The maximum atomic E-state index is 12.1. The minimum atomic E-state index is -4.17. The van der Waals surface area contributed by atoms with Crippen molar-refractivity contribution in [1.82, 2.24) is 9.97 Å². The van der Waals surface area contributed by atoms with E-state index in [2.05, 4.69) is 20.6 Å². The van der Waals surface area contributed by atoms with Crippen molar-refractivity contribution >= 4 is 33.3 Å². The van der Waals surface area contributed by atoms with Crippen LogP contribution in [0.3, 0.4) is 0 Å². The molecule has 2 aromatic heterocycles. The Bertz CT molecular complexity index is 537. The van der Waals surface area contributed by atoms with Gasteiger partial charge < -0.3 is 10.6 Å². The van der Waals surface area contributed by atoms with Crippen molar-refractivity contribution in [3.05, 3.63) is 11.4 Å². The lowest BCUT2D eigenvalue weighted by molar-refractivity contribution is -0.131. The molecule has 0 spiro atoms. The van der Waals surface area contributed by atoms with Crippen LogP contribution in [-0.2, 0) is 0 Å².